The molecule has 3 aliphatic carbocycles. The van der Waals surface area contributed by atoms with Gasteiger partial charge in [0.15, 0.2) is 5.79 Å². The zero-order valence-corrected chi connectivity index (χ0v) is 29.1. The van der Waals surface area contributed by atoms with Crippen molar-refractivity contribution in [3.8, 4) is 0 Å². The van der Waals surface area contributed by atoms with E-state index < -0.39 is 53.6 Å². The van der Waals surface area contributed by atoms with E-state index in [2.05, 4.69) is 10.6 Å². The Kier molecular flexibility index (Phi) is 12.4. The van der Waals surface area contributed by atoms with Crippen LogP contribution in [0.15, 0.2) is 42.2 Å². The first-order valence-corrected chi connectivity index (χ1v) is 17.6. The lowest BCUT2D eigenvalue weighted by atomic mass is 9.91. The first-order valence-electron chi connectivity index (χ1n) is 17.6. The van der Waals surface area contributed by atoms with Gasteiger partial charge in [-0.3, -0.25) is 14.4 Å². The smallest absolute Gasteiger partial charge is 0.338 e. The van der Waals surface area contributed by atoms with E-state index in [9.17, 15) is 24.3 Å². The van der Waals surface area contributed by atoms with Crippen LogP contribution in [-0.4, -0.2) is 96.1 Å². The highest BCUT2D eigenvalue weighted by Crippen LogP contribution is 2.59. The summed E-state index contributed by atoms with van der Waals surface area (Å²) in [6.45, 7) is 5.08. The highest BCUT2D eigenvalue weighted by atomic mass is 16.8. The molecule has 4 aliphatic rings. The highest BCUT2D eigenvalue weighted by molar-refractivity contribution is 5.94. The van der Waals surface area contributed by atoms with Crippen molar-refractivity contribution >= 4 is 29.8 Å². The van der Waals surface area contributed by atoms with Gasteiger partial charge in [-0.05, 0) is 82.7 Å². The third-order valence-corrected chi connectivity index (χ3v) is 9.01. The first kappa shape index (κ1) is 37.5. The molecule has 0 radical (unpaired) electrons. The Morgan fingerprint density at radius 1 is 1.02 bits per heavy atom. The van der Waals surface area contributed by atoms with E-state index in [1.807, 2.05) is 0 Å². The molecule has 4 atom stereocenters. The molecule has 13 heteroatoms. The first-order chi connectivity index (χ1) is 23.9. The number of esters is 2. The summed E-state index contributed by atoms with van der Waals surface area (Å²) in [4.78, 5) is 51.4. The fourth-order valence-electron chi connectivity index (χ4n) is 6.35. The summed E-state index contributed by atoms with van der Waals surface area (Å²) in [6, 6.07) is 6.16. The number of aliphatic hydroxyl groups excluding tert-OH is 2. The minimum Gasteiger partial charge on any atom is -0.499 e. The molecule has 3 fully saturated rings. The third-order valence-electron chi connectivity index (χ3n) is 9.01. The molecule has 13 nitrogen and oxygen atoms in total. The van der Waals surface area contributed by atoms with E-state index in [0.717, 1.165) is 31.2 Å². The van der Waals surface area contributed by atoms with Crippen LogP contribution >= 0.6 is 0 Å². The molecule has 1 heterocycles. The second kappa shape index (κ2) is 16.5. The van der Waals surface area contributed by atoms with Gasteiger partial charge >= 0.3 is 11.9 Å². The summed E-state index contributed by atoms with van der Waals surface area (Å²) < 4.78 is 29.7. The summed E-state index contributed by atoms with van der Waals surface area (Å²) in [5, 5.41) is 24.0. The van der Waals surface area contributed by atoms with Crippen molar-refractivity contribution in [2.24, 2.45) is 11.8 Å². The number of fused-ring (bicyclic) bond motifs is 1. The quantitative estimate of drug-likeness (QED) is 0.107. The van der Waals surface area contributed by atoms with E-state index in [1.165, 1.54) is 6.26 Å². The van der Waals surface area contributed by atoms with Crippen molar-refractivity contribution in [2.75, 3.05) is 26.4 Å². The van der Waals surface area contributed by atoms with Crippen LogP contribution in [0.1, 0.15) is 88.1 Å². The number of aliphatic hydroxyl groups is 2. The van der Waals surface area contributed by atoms with Gasteiger partial charge in [-0.25, -0.2) is 4.79 Å². The van der Waals surface area contributed by atoms with Gasteiger partial charge in [0, 0.05) is 43.2 Å². The normalized spacial score (nSPS) is 23.4. The Balaban J connectivity index is 1.18. The Morgan fingerprint density at radius 2 is 1.72 bits per heavy atom. The number of carbonyl (C=O) groups is 4. The maximum absolute atomic E-state index is 13.4. The molecule has 5 rings (SSSR count). The fourth-order valence-corrected chi connectivity index (χ4v) is 6.35. The molecule has 1 aromatic rings. The van der Waals surface area contributed by atoms with Crippen molar-refractivity contribution < 1.29 is 53.1 Å². The van der Waals surface area contributed by atoms with Gasteiger partial charge in [-0.15, -0.1) is 0 Å². The lowest BCUT2D eigenvalue weighted by Crippen LogP contribution is -2.44. The molecule has 1 aliphatic heterocycles. The number of amides is 2. The molecule has 1 saturated heterocycles. The Bertz CT molecular complexity index is 1410. The SMILES string of the molecule is CC(C)(C)OC(=O)CCC(CO)NC(=O)CCNC(=O)C1=CC2OC(C3CC3)(C3CC3)OC2C(OC(=O)c2ccc(C=COCCO)cc2)C1. The van der Waals surface area contributed by atoms with Gasteiger partial charge in [-0.1, -0.05) is 12.1 Å². The fraction of sp³-hybridized carbons (Fsp3) is 0.622. The van der Waals surface area contributed by atoms with Gasteiger partial charge in [-0.2, -0.15) is 0 Å². The monoisotopic (exact) mass is 698 g/mol. The molecule has 4 unspecified atom stereocenters. The van der Waals surface area contributed by atoms with Crippen molar-refractivity contribution in [1.82, 2.24) is 10.6 Å². The molecule has 274 valence electrons. The summed E-state index contributed by atoms with van der Waals surface area (Å²) in [5.74, 6) is -1.95. The highest BCUT2D eigenvalue weighted by Gasteiger charge is 2.64. The van der Waals surface area contributed by atoms with Gasteiger partial charge in [0.25, 0.3) is 0 Å². The maximum atomic E-state index is 13.4. The predicted octanol–water partition coefficient (Wildman–Crippen LogP) is 2.93. The summed E-state index contributed by atoms with van der Waals surface area (Å²) in [6.07, 6.45) is 7.37. The van der Waals surface area contributed by atoms with Gasteiger partial charge in [0.05, 0.1) is 31.1 Å². The van der Waals surface area contributed by atoms with Gasteiger partial charge < -0.3 is 44.5 Å². The largest absolute Gasteiger partial charge is 0.499 e. The van der Waals surface area contributed by atoms with Crippen LogP contribution in [0.25, 0.3) is 6.08 Å². The molecule has 0 bridgehead atoms. The van der Waals surface area contributed by atoms with Crippen molar-refractivity contribution in [3.05, 3.63) is 53.3 Å². The van der Waals surface area contributed by atoms with E-state index in [-0.39, 0.29) is 69.8 Å². The average Bonchev–Trinajstić information content (AvgIpc) is 4.02. The zero-order valence-electron chi connectivity index (χ0n) is 29.1. The van der Waals surface area contributed by atoms with E-state index in [4.69, 9.17) is 28.8 Å². The number of benzene rings is 1. The number of rotatable bonds is 17. The summed E-state index contributed by atoms with van der Waals surface area (Å²) >= 11 is 0. The van der Waals surface area contributed by atoms with E-state index in [1.54, 1.807) is 57.2 Å². The molecular weight excluding hydrogens is 648 g/mol. The van der Waals surface area contributed by atoms with Crippen LogP contribution in [0, 0.1) is 11.8 Å². The van der Waals surface area contributed by atoms with Crippen molar-refractivity contribution in [3.63, 3.8) is 0 Å². The molecule has 2 amide bonds. The Morgan fingerprint density at radius 3 is 2.34 bits per heavy atom. The third kappa shape index (κ3) is 10.1. The van der Waals surface area contributed by atoms with Crippen LogP contribution in [0.2, 0.25) is 0 Å². The van der Waals surface area contributed by atoms with Gasteiger partial charge in [0.1, 0.15) is 30.5 Å². The number of carbonyl (C=O) groups excluding carboxylic acids is 4. The van der Waals surface area contributed by atoms with Gasteiger partial charge in [0.2, 0.25) is 11.8 Å². The Hall–Kier alpha value is -3.78. The molecule has 2 saturated carbocycles. The van der Waals surface area contributed by atoms with E-state index in [0.29, 0.717) is 11.1 Å². The Labute approximate surface area is 292 Å². The maximum Gasteiger partial charge on any atom is 0.338 e. The minimum atomic E-state index is -0.775. The van der Waals surface area contributed by atoms with Crippen LogP contribution in [-0.2, 0) is 38.1 Å². The van der Waals surface area contributed by atoms with Crippen LogP contribution in [0.5, 0.6) is 0 Å². The topological polar surface area (TPSA) is 179 Å². The number of hydrogen-bond acceptors (Lipinski definition) is 11. The summed E-state index contributed by atoms with van der Waals surface area (Å²) in [5.41, 5.74) is 0.889. The predicted molar refractivity (Wildman–Crippen MR) is 180 cm³/mol. The zero-order chi connectivity index (χ0) is 35.9. The number of ether oxygens (including phenoxy) is 5. The van der Waals surface area contributed by atoms with Crippen molar-refractivity contribution in [2.45, 2.75) is 108 Å². The molecule has 0 aromatic heterocycles. The second-order valence-corrected chi connectivity index (χ2v) is 14.4. The number of hydrogen-bond donors (Lipinski definition) is 4. The van der Waals surface area contributed by atoms with Crippen molar-refractivity contribution in [1.29, 1.82) is 0 Å². The lowest BCUT2D eigenvalue weighted by Gasteiger charge is -2.31. The number of nitrogens with one attached hydrogen (secondary N) is 2. The summed E-state index contributed by atoms with van der Waals surface area (Å²) in [7, 11) is 0. The van der Waals surface area contributed by atoms with E-state index >= 15 is 0 Å². The van der Waals surface area contributed by atoms with Crippen LogP contribution in [0.3, 0.4) is 0 Å². The molecule has 50 heavy (non-hydrogen) atoms. The average molecular weight is 699 g/mol. The second-order valence-electron chi connectivity index (χ2n) is 14.4. The standard InChI is InChI=1S/C37H50N2O11/c1-36(2,3)49-32(43)13-12-28(22-41)39-31(42)14-16-38-34(44)25-20-29(33-30(21-25)48-37(50-33,26-8-9-26)27-10-11-27)47-35(45)24-6-4-23(5-7-24)15-18-46-19-17-40/h4-7,15,18,21,26-30,33,40-41H,8-14,16-17,19-20,22H2,1-3H3,(H,38,44)(H,39,42). The van der Waals surface area contributed by atoms with Crippen LogP contribution in [0.4, 0.5) is 0 Å². The molecule has 4 N–H and O–H groups in total. The van der Waals surface area contributed by atoms with Crippen LogP contribution < -0.4 is 10.6 Å². The molecule has 1 aromatic carbocycles. The minimum absolute atomic E-state index is 0.0298. The lowest BCUT2D eigenvalue weighted by molar-refractivity contribution is -0.209. The molecular formula is C37H50N2O11. The molecule has 0 spiro atoms.